The maximum absolute atomic E-state index is 13.0. The number of benzene rings is 3. The minimum Gasteiger partial charge on any atom is -0.452 e. The molecule has 0 bridgehead atoms. The fourth-order valence-corrected chi connectivity index (χ4v) is 5.50. The third kappa shape index (κ3) is 4.35. The molecular formula is C22H12Cl3NO6S. The van der Waals surface area contributed by atoms with Crippen LogP contribution in [-0.4, -0.2) is 32.7 Å². The highest BCUT2D eigenvalue weighted by Crippen LogP contribution is 2.35. The molecule has 0 fully saturated rings. The van der Waals surface area contributed by atoms with Gasteiger partial charge in [-0.1, -0.05) is 46.9 Å². The van der Waals surface area contributed by atoms with E-state index in [0.29, 0.717) is 0 Å². The van der Waals surface area contributed by atoms with E-state index >= 15 is 0 Å². The molecule has 1 heterocycles. The van der Waals surface area contributed by atoms with Gasteiger partial charge in [0.25, 0.3) is 5.91 Å². The topological polar surface area (TPSA) is 107 Å². The van der Waals surface area contributed by atoms with Crippen molar-refractivity contribution in [2.45, 2.75) is 9.79 Å². The Hall–Kier alpha value is -2.91. The van der Waals surface area contributed by atoms with Gasteiger partial charge in [0.05, 0.1) is 36.1 Å². The Labute approximate surface area is 203 Å². The molecule has 1 aliphatic heterocycles. The molecule has 11 heteroatoms. The standard InChI is InChI=1S/C22H12Cl3NO6S/c23-14-8-16(25)17(9-15(14)24)26-20(27)10-32-22(29)11-5-6-13-19(7-11)33(30,31)18-4-2-1-3-12(18)21(13)28/h1-9H,10H2,(H,26,27). The number of hydrogen-bond acceptors (Lipinski definition) is 6. The van der Waals surface area contributed by atoms with Gasteiger partial charge in [0.2, 0.25) is 9.84 Å². The summed E-state index contributed by atoms with van der Waals surface area (Å²) in [7, 11) is -4.02. The number of ketones is 1. The van der Waals surface area contributed by atoms with Gasteiger partial charge in [0, 0.05) is 11.1 Å². The van der Waals surface area contributed by atoms with Crippen LogP contribution in [0.25, 0.3) is 0 Å². The van der Waals surface area contributed by atoms with Gasteiger partial charge in [-0.3, -0.25) is 9.59 Å². The highest BCUT2D eigenvalue weighted by Gasteiger charge is 2.35. The van der Waals surface area contributed by atoms with E-state index in [1.807, 2.05) is 0 Å². The van der Waals surface area contributed by atoms with E-state index in [4.69, 9.17) is 39.5 Å². The van der Waals surface area contributed by atoms with E-state index < -0.39 is 34.1 Å². The van der Waals surface area contributed by atoms with Gasteiger partial charge in [-0.2, -0.15) is 0 Å². The predicted molar refractivity (Wildman–Crippen MR) is 122 cm³/mol. The lowest BCUT2D eigenvalue weighted by molar-refractivity contribution is -0.119. The number of fused-ring (bicyclic) bond motifs is 2. The van der Waals surface area contributed by atoms with Crippen LogP contribution in [-0.2, 0) is 19.4 Å². The highest BCUT2D eigenvalue weighted by molar-refractivity contribution is 7.91. The summed E-state index contributed by atoms with van der Waals surface area (Å²) < 4.78 is 30.9. The predicted octanol–water partition coefficient (Wildman–Crippen LogP) is 4.82. The van der Waals surface area contributed by atoms with Crippen LogP contribution in [0.2, 0.25) is 15.1 Å². The third-order valence-corrected chi connectivity index (χ3v) is 7.68. The fourth-order valence-electron chi connectivity index (χ4n) is 3.23. The zero-order valence-corrected chi connectivity index (χ0v) is 19.5. The SMILES string of the molecule is O=C(COC(=O)c1ccc2c(c1)S(=O)(=O)c1ccccc1C2=O)Nc1cc(Cl)c(Cl)cc1Cl. The summed E-state index contributed by atoms with van der Waals surface area (Å²) in [5, 5.41) is 2.94. The van der Waals surface area contributed by atoms with Crippen LogP contribution in [0, 0.1) is 0 Å². The van der Waals surface area contributed by atoms with Gasteiger partial charge in [0.1, 0.15) is 0 Å². The van der Waals surface area contributed by atoms with E-state index in [1.54, 1.807) is 6.07 Å². The minimum absolute atomic E-state index is 0.0442. The molecule has 0 saturated heterocycles. The summed E-state index contributed by atoms with van der Waals surface area (Å²) in [6.45, 7) is -0.680. The summed E-state index contributed by atoms with van der Waals surface area (Å²) in [6, 6.07) is 12.1. The Bertz CT molecular complexity index is 1450. The first-order valence-electron chi connectivity index (χ1n) is 9.24. The van der Waals surface area contributed by atoms with E-state index in [0.717, 1.165) is 6.07 Å². The number of rotatable bonds is 4. The lowest BCUT2D eigenvalue weighted by Crippen LogP contribution is -2.23. The molecule has 3 aromatic carbocycles. The molecular weight excluding hydrogens is 513 g/mol. The lowest BCUT2D eigenvalue weighted by atomic mass is 10.0. The number of esters is 1. The van der Waals surface area contributed by atoms with Crippen molar-refractivity contribution in [3.05, 3.63) is 86.4 Å². The first-order chi connectivity index (χ1) is 15.6. The molecule has 1 aliphatic rings. The monoisotopic (exact) mass is 523 g/mol. The van der Waals surface area contributed by atoms with Crippen molar-refractivity contribution in [1.82, 2.24) is 0 Å². The summed E-state index contributed by atoms with van der Waals surface area (Å²) in [6.07, 6.45) is 0. The van der Waals surface area contributed by atoms with Crippen LogP contribution in [0.4, 0.5) is 5.69 Å². The zero-order valence-electron chi connectivity index (χ0n) is 16.4. The number of nitrogens with one attached hydrogen (secondary N) is 1. The number of amides is 1. The van der Waals surface area contributed by atoms with Crippen molar-refractivity contribution in [3.8, 4) is 0 Å². The molecule has 0 atom stereocenters. The number of halogens is 3. The molecule has 33 heavy (non-hydrogen) atoms. The quantitative estimate of drug-likeness (QED) is 0.303. The van der Waals surface area contributed by atoms with Crippen LogP contribution in [0.15, 0.2) is 64.4 Å². The average molecular weight is 525 g/mol. The summed E-state index contributed by atoms with van der Waals surface area (Å²) in [5.74, 6) is -2.12. The van der Waals surface area contributed by atoms with Gasteiger partial charge in [-0.15, -0.1) is 0 Å². The van der Waals surface area contributed by atoms with E-state index in [9.17, 15) is 22.8 Å². The van der Waals surface area contributed by atoms with Crippen LogP contribution in [0.1, 0.15) is 26.3 Å². The summed E-state index contributed by atoms with van der Waals surface area (Å²) in [4.78, 5) is 36.8. The molecule has 0 aliphatic carbocycles. The number of carbonyl (C=O) groups excluding carboxylic acids is 3. The number of carbonyl (C=O) groups is 3. The number of hydrogen-bond donors (Lipinski definition) is 1. The Kier molecular flexibility index (Phi) is 6.20. The Balaban J connectivity index is 1.51. The normalized spacial score (nSPS) is 13.6. The van der Waals surface area contributed by atoms with Crippen molar-refractivity contribution < 1.29 is 27.5 Å². The van der Waals surface area contributed by atoms with Gasteiger partial charge < -0.3 is 10.1 Å². The number of sulfone groups is 1. The van der Waals surface area contributed by atoms with E-state index in [-0.39, 0.29) is 47.2 Å². The second-order valence-corrected chi connectivity index (χ2v) is 10.0. The molecule has 0 radical (unpaired) electrons. The highest BCUT2D eigenvalue weighted by atomic mass is 35.5. The van der Waals surface area contributed by atoms with Gasteiger partial charge >= 0.3 is 5.97 Å². The smallest absolute Gasteiger partial charge is 0.338 e. The van der Waals surface area contributed by atoms with Crippen LogP contribution in [0.3, 0.4) is 0 Å². The largest absolute Gasteiger partial charge is 0.452 e. The molecule has 0 unspecified atom stereocenters. The summed E-state index contributed by atoms with van der Waals surface area (Å²) >= 11 is 17.7. The minimum atomic E-state index is -4.02. The van der Waals surface area contributed by atoms with Crippen molar-refractivity contribution in [2.75, 3.05) is 11.9 Å². The van der Waals surface area contributed by atoms with Crippen molar-refractivity contribution in [2.24, 2.45) is 0 Å². The second kappa shape index (κ2) is 8.79. The number of ether oxygens (including phenoxy) is 1. The van der Waals surface area contributed by atoms with Crippen molar-refractivity contribution >= 4 is 68.0 Å². The average Bonchev–Trinajstić information content (AvgIpc) is 2.79. The fraction of sp³-hybridized carbons (Fsp3) is 0.0455. The Morgan fingerprint density at radius 2 is 1.52 bits per heavy atom. The van der Waals surface area contributed by atoms with Gasteiger partial charge in [0.15, 0.2) is 12.4 Å². The molecule has 1 amide bonds. The van der Waals surface area contributed by atoms with Crippen LogP contribution < -0.4 is 5.32 Å². The molecule has 0 spiro atoms. The van der Waals surface area contributed by atoms with Crippen molar-refractivity contribution in [1.29, 1.82) is 0 Å². The molecule has 7 nitrogen and oxygen atoms in total. The summed E-state index contributed by atoms with van der Waals surface area (Å²) in [5.41, 5.74) is 0.0595. The zero-order chi connectivity index (χ0) is 23.9. The second-order valence-electron chi connectivity index (χ2n) is 6.91. The maximum atomic E-state index is 13.0. The van der Waals surface area contributed by atoms with Crippen LogP contribution in [0.5, 0.6) is 0 Å². The molecule has 1 N–H and O–H groups in total. The molecule has 168 valence electrons. The molecule has 0 saturated carbocycles. The van der Waals surface area contributed by atoms with E-state index in [2.05, 4.69) is 5.32 Å². The molecule has 4 rings (SSSR count). The Morgan fingerprint density at radius 3 is 2.27 bits per heavy atom. The van der Waals surface area contributed by atoms with E-state index in [1.165, 1.54) is 42.5 Å². The Morgan fingerprint density at radius 1 is 0.848 bits per heavy atom. The van der Waals surface area contributed by atoms with Gasteiger partial charge in [-0.25, -0.2) is 13.2 Å². The number of anilines is 1. The maximum Gasteiger partial charge on any atom is 0.338 e. The third-order valence-electron chi connectivity index (χ3n) is 4.79. The molecule has 0 aromatic heterocycles. The lowest BCUT2D eigenvalue weighted by Gasteiger charge is -2.19. The van der Waals surface area contributed by atoms with Crippen molar-refractivity contribution in [3.63, 3.8) is 0 Å². The van der Waals surface area contributed by atoms with Crippen LogP contribution >= 0.6 is 34.8 Å². The van der Waals surface area contributed by atoms with Gasteiger partial charge in [-0.05, 0) is 42.5 Å². The molecule has 3 aromatic rings. The first-order valence-corrected chi connectivity index (χ1v) is 11.9. The first kappa shape index (κ1) is 23.3.